The molecule has 1 atom stereocenters. The van der Waals surface area contributed by atoms with Gasteiger partial charge in [-0.05, 0) is 49.0 Å². The monoisotopic (exact) mass is 365 g/mol. The molecule has 0 bridgehead atoms. The molecule has 0 amide bonds. The first-order valence-electron chi connectivity index (χ1n) is 6.90. The Hall–Kier alpha value is -1.73. The standard InChI is InChI=1S/C14H17FN5O2S.Al/c1-9-7-13(18-12-5-3-11(15)4-6-12)19-14(17-9)16-8-10(2)20-23(21)22;/h3-7,10H,8H2,1-2H3,(H,20,21,22)(H2,16,17,18,19);/q-1;+1. The van der Waals surface area contributed by atoms with Crippen molar-refractivity contribution in [3.8, 4) is 0 Å². The number of hydrogen-bond acceptors (Lipinski definition) is 7. The van der Waals surface area contributed by atoms with E-state index in [4.69, 9.17) is 0 Å². The second-order valence-electron chi connectivity index (χ2n) is 4.98. The van der Waals surface area contributed by atoms with Gasteiger partial charge in [-0.15, -0.1) is 0 Å². The molecular weight excluding hydrogens is 348 g/mol. The van der Waals surface area contributed by atoms with Gasteiger partial charge in [0.25, 0.3) is 0 Å². The number of aromatic nitrogens is 2. The van der Waals surface area contributed by atoms with Gasteiger partial charge in [-0.3, -0.25) is 0 Å². The largest absolute Gasteiger partial charge is 1.00 e. The molecule has 0 fully saturated rings. The zero-order chi connectivity index (χ0) is 16.8. The predicted octanol–water partition coefficient (Wildman–Crippen LogP) is 1.90. The van der Waals surface area contributed by atoms with Crippen LogP contribution in [0.15, 0.2) is 30.3 Å². The Morgan fingerprint density at radius 1 is 1.21 bits per heavy atom. The van der Waals surface area contributed by atoms with Crippen molar-refractivity contribution in [1.82, 2.24) is 14.7 Å². The molecule has 1 aromatic carbocycles. The molecule has 1 unspecified atom stereocenters. The quantitative estimate of drug-likeness (QED) is 0.512. The van der Waals surface area contributed by atoms with E-state index in [1.807, 2.05) is 6.92 Å². The molecule has 7 nitrogen and oxygen atoms in total. The summed E-state index contributed by atoms with van der Waals surface area (Å²) < 4.78 is 36.3. The number of benzene rings is 1. The minimum absolute atomic E-state index is 0. The van der Waals surface area contributed by atoms with Gasteiger partial charge in [0.15, 0.2) is 0 Å². The molecule has 126 valence electrons. The molecule has 0 spiro atoms. The molecule has 24 heavy (non-hydrogen) atoms. The Balaban J connectivity index is 0.00000288. The molecule has 2 rings (SSSR count). The van der Waals surface area contributed by atoms with Crippen LogP contribution in [0.25, 0.3) is 0 Å². The number of aryl methyl sites for hydroxylation is 1. The molecule has 1 aromatic heterocycles. The van der Waals surface area contributed by atoms with E-state index in [1.165, 1.54) is 12.1 Å². The van der Waals surface area contributed by atoms with Crippen molar-refractivity contribution in [2.45, 2.75) is 19.9 Å². The van der Waals surface area contributed by atoms with Gasteiger partial charge in [0.2, 0.25) is 5.95 Å². The minimum Gasteiger partial charge on any atom is -0.409 e. The summed E-state index contributed by atoms with van der Waals surface area (Å²) in [6, 6.07) is 7.37. The van der Waals surface area contributed by atoms with E-state index in [1.54, 1.807) is 25.1 Å². The Labute approximate surface area is 152 Å². The van der Waals surface area contributed by atoms with Crippen LogP contribution in [0, 0.1) is 12.7 Å². The van der Waals surface area contributed by atoms with Gasteiger partial charge in [-0.25, -0.2) is 9.37 Å². The van der Waals surface area contributed by atoms with Crippen LogP contribution < -0.4 is 15.4 Å². The van der Waals surface area contributed by atoms with E-state index < -0.39 is 10.9 Å². The molecule has 3 N–H and O–H groups in total. The first kappa shape index (κ1) is 20.3. The summed E-state index contributed by atoms with van der Waals surface area (Å²) in [4.78, 5) is 8.53. The van der Waals surface area contributed by atoms with Crippen LogP contribution in [0.4, 0.5) is 21.8 Å². The van der Waals surface area contributed by atoms with Crippen LogP contribution in [0.1, 0.15) is 12.6 Å². The number of nitrogens with one attached hydrogen (secondary N) is 3. The van der Waals surface area contributed by atoms with E-state index in [0.717, 1.165) is 5.69 Å². The SMILES string of the molecule is Cc1cc(Nc2ccc(F)cc2)nc(NCC(C)N[S-](=O)=O)n1.[Al+]. The summed E-state index contributed by atoms with van der Waals surface area (Å²) in [5, 5.41) is 6.03. The Kier molecular flexibility index (Phi) is 8.08. The van der Waals surface area contributed by atoms with Gasteiger partial charge in [-0.1, -0.05) is 0 Å². The van der Waals surface area contributed by atoms with Crippen LogP contribution in [0.2, 0.25) is 0 Å². The summed E-state index contributed by atoms with van der Waals surface area (Å²) >= 11 is 0. The molecule has 0 aliphatic rings. The molecule has 2 aromatic rings. The fourth-order valence-electron chi connectivity index (χ4n) is 1.84. The normalized spacial score (nSPS) is 11.7. The molecule has 0 aliphatic carbocycles. The van der Waals surface area contributed by atoms with Crippen molar-refractivity contribution < 1.29 is 12.8 Å². The summed E-state index contributed by atoms with van der Waals surface area (Å²) in [6.45, 7) is 3.88. The third-order valence-corrected chi connectivity index (χ3v) is 3.43. The van der Waals surface area contributed by atoms with Gasteiger partial charge >= 0.3 is 17.4 Å². The Bertz CT molecular complexity index is 734. The third-order valence-electron chi connectivity index (χ3n) is 2.83. The summed E-state index contributed by atoms with van der Waals surface area (Å²) in [6.07, 6.45) is 0. The topological polar surface area (TPSA) is 96.0 Å². The van der Waals surface area contributed by atoms with Gasteiger partial charge in [0.1, 0.15) is 11.6 Å². The van der Waals surface area contributed by atoms with Gasteiger partial charge in [0, 0.05) is 30.0 Å². The van der Waals surface area contributed by atoms with Crippen molar-refractivity contribution in [3.05, 3.63) is 41.8 Å². The third kappa shape index (κ3) is 6.80. The molecule has 0 saturated carbocycles. The maximum Gasteiger partial charge on any atom is 1.00 e. The molecule has 1 heterocycles. The van der Waals surface area contributed by atoms with Gasteiger partial charge in [-0.2, -0.15) is 4.98 Å². The van der Waals surface area contributed by atoms with Crippen LogP contribution in [0.3, 0.4) is 0 Å². The summed E-state index contributed by atoms with van der Waals surface area (Å²) in [5.74, 6) is 0.619. The Morgan fingerprint density at radius 2 is 1.88 bits per heavy atom. The Morgan fingerprint density at radius 3 is 2.50 bits per heavy atom. The second-order valence-corrected chi connectivity index (χ2v) is 5.69. The van der Waals surface area contributed by atoms with Crippen molar-refractivity contribution >= 4 is 45.7 Å². The van der Waals surface area contributed by atoms with E-state index in [9.17, 15) is 12.8 Å². The maximum atomic E-state index is 12.9. The van der Waals surface area contributed by atoms with Crippen molar-refractivity contribution in [1.29, 1.82) is 0 Å². The van der Waals surface area contributed by atoms with Crippen molar-refractivity contribution in [2.24, 2.45) is 0 Å². The predicted molar refractivity (Wildman–Crippen MR) is 92.0 cm³/mol. The van der Waals surface area contributed by atoms with Crippen molar-refractivity contribution in [3.63, 3.8) is 0 Å². The molecule has 0 saturated heterocycles. The maximum absolute atomic E-state index is 12.9. The molecular formula is C14H17AlFN5O2S. The number of anilines is 3. The van der Waals surface area contributed by atoms with Crippen LogP contribution in [0.5, 0.6) is 0 Å². The number of halogens is 1. The van der Waals surface area contributed by atoms with Crippen LogP contribution >= 0.6 is 0 Å². The van der Waals surface area contributed by atoms with Crippen molar-refractivity contribution in [2.75, 3.05) is 17.2 Å². The van der Waals surface area contributed by atoms with E-state index in [0.29, 0.717) is 24.0 Å². The molecule has 10 heteroatoms. The summed E-state index contributed by atoms with van der Waals surface area (Å²) in [7, 11) is -2.31. The van der Waals surface area contributed by atoms with E-state index >= 15 is 0 Å². The number of nitrogens with zero attached hydrogens (tertiary/aromatic N) is 2. The fourth-order valence-corrected chi connectivity index (χ4v) is 2.25. The van der Waals surface area contributed by atoms with Crippen LogP contribution in [-0.2, 0) is 19.3 Å². The van der Waals surface area contributed by atoms with E-state index in [2.05, 4.69) is 25.3 Å². The zero-order valence-corrected chi connectivity index (χ0v) is 15.2. The second kappa shape index (κ2) is 9.54. The minimum atomic E-state index is -2.31. The van der Waals surface area contributed by atoms with Crippen LogP contribution in [-0.4, -0.2) is 39.9 Å². The smallest absolute Gasteiger partial charge is 0.409 e. The summed E-state index contributed by atoms with van der Waals surface area (Å²) in [5.41, 5.74) is 1.44. The molecule has 2 radical (unpaired) electrons. The van der Waals surface area contributed by atoms with Gasteiger partial charge in [0.05, 0.1) is 0 Å². The van der Waals surface area contributed by atoms with E-state index in [-0.39, 0.29) is 29.2 Å². The first-order valence-corrected chi connectivity index (χ1v) is 7.97. The fraction of sp³-hybridized carbons (Fsp3) is 0.286. The number of hydrogen-bond donors (Lipinski definition) is 3. The zero-order valence-electron chi connectivity index (χ0n) is 13.2. The first-order chi connectivity index (χ1) is 10.9. The van der Waals surface area contributed by atoms with Gasteiger partial charge < -0.3 is 23.8 Å². The molecule has 0 aliphatic heterocycles. The average Bonchev–Trinajstić information content (AvgIpc) is 2.46. The number of rotatable bonds is 7. The average molecular weight is 365 g/mol.